The zero-order chi connectivity index (χ0) is 16.6. The van der Waals surface area contributed by atoms with Gasteiger partial charge in [-0.15, -0.1) is 0 Å². The van der Waals surface area contributed by atoms with Crippen molar-refractivity contribution in [2.75, 3.05) is 52.6 Å². The summed E-state index contributed by atoms with van der Waals surface area (Å²) in [6.45, 7) is 7.22. The number of nitrogens with one attached hydrogen (secondary N) is 2. The average Bonchev–Trinajstić information content (AvgIpc) is 3.03. The van der Waals surface area contributed by atoms with Gasteiger partial charge in [-0.2, -0.15) is 0 Å². The highest BCUT2D eigenvalue weighted by Gasteiger charge is 2.26. The van der Waals surface area contributed by atoms with Crippen molar-refractivity contribution in [2.45, 2.75) is 18.9 Å². The molecule has 4 heterocycles. The molecule has 1 saturated heterocycles. The summed E-state index contributed by atoms with van der Waals surface area (Å²) in [6, 6.07) is 4.64. The molecule has 1 aromatic heterocycles. The molecule has 0 aliphatic carbocycles. The van der Waals surface area contributed by atoms with Crippen LogP contribution >= 0.6 is 0 Å². The predicted octanol–water partition coefficient (Wildman–Crippen LogP) is 1.85. The molecular formula is C19H25N3O3. The molecule has 0 spiro atoms. The molecule has 0 unspecified atom stereocenters. The Hall–Kier alpha value is -1.76. The van der Waals surface area contributed by atoms with Gasteiger partial charge in [0, 0.05) is 48.3 Å². The summed E-state index contributed by atoms with van der Waals surface area (Å²) in [6.07, 6.45) is 2.18. The van der Waals surface area contributed by atoms with Crippen molar-refractivity contribution in [1.82, 2.24) is 15.2 Å². The first-order valence-corrected chi connectivity index (χ1v) is 9.36. The third-order valence-electron chi connectivity index (χ3n) is 5.55. The highest BCUT2D eigenvalue weighted by atomic mass is 16.6. The van der Waals surface area contributed by atoms with Crippen molar-refractivity contribution < 1.29 is 14.2 Å². The maximum absolute atomic E-state index is 5.77. The minimum Gasteiger partial charge on any atom is -0.486 e. The zero-order valence-electron chi connectivity index (χ0n) is 14.5. The first-order valence-electron chi connectivity index (χ1n) is 9.36. The lowest BCUT2D eigenvalue weighted by Gasteiger charge is -2.30. The Bertz CT molecular complexity index is 767. The molecule has 6 heteroatoms. The van der Waals surface area contributed by atoms with E-state index in [1.54, 1.807) is 0 Å². The van der Waals surface area contributed by atoms with Gasteiger partial charge in [-0.1, -0.05) is 0 Å². The van der Waals surface area contributed by atoms with E-state index in [4.69, 9.17) is 14.2 Å². The Morgan fingerprint density at radius 2 is 1.84 bits per heavy atom. The standard InChI is InChI=1S/C19H25N3O3/c1-3-20-15(2-4-22-5-7-23-8-6-22)19-13(1)14-11-17-18(12-16(14)21-19)25-10-9-24-17/h11-12,15,20-21H,1-10H2/t15-/m1/s1. The van der Waals surface area contributed by atoms with Crippen LogP contribution in [0.25, 0.3) is 10.9 Å². The van der Waals surface area contributed by atoms with Crippen LogP contribution < -0.4 is 14.8 Å². The normalized spacial score (nSPS) is 23.6. The molecule has 3 aliphatic heterocycles. The minimum absolute atomic E-state index is 0.387. The van der Waals surface area contributed by atoms with Crippen molar-refractivity contribution in [1.29, 1.82) is 0 Å². The fourth-order valence-corrected chi connectivity index (χ4v) is 4.23. The van der Waals surface area contributed by atoms with E-state index >= 15 is 0 Å². The summed E-state index contributed by atoms with van der Waals surface area (Å²) in [5, 5.41) is 4.98. The lowest BCUT2D eigenvalue weighted by atomic mass is 9.97. The maximum atomic E-state index is 5.77. The van der Waals surface area contributed by atoms with E-state index in [1.807, 2.05) is 0 Å². The number of fused-ring (bicyclic) bond motifs is 4. The van der Waals surface area contributed by atoms with E-state index in [2.05, 4.69) is 27.3 Å². The molecule has 0 radical (unpaired) electrons. The minimum atomic E-state index is 0.387. The van der Waals surface area contributed by atoms with Crippen LogP contribution in [0.2, 0.25) is 0 Å². The van der Waals surface area contributed by atoms with Gasteiger partial charge in [0.05, 0.1) is 13.2 Å². The van der Waals surface area contributed by atoms with Gasteiger partial charge in [0.15, 0.2) is 11.5 Å². The van der Waals surface area contributed by atoms with Crippen molar-refractivity contribution in [2.24, 2.45) is 0 Å². The number of aromatic nitrogens is 1. The fourth-order valence-electron chi connectivity index (χ4n) is 4.23. The van der Waals surface area contributed by atoms with E-state index in [1.165, 1.54) is 16.6 Å². The third kappa shape index (κ3) is 2.88. The topological polar surface area (TPSA) is 58.8 Å². The van der Waals surface area contributed by atoms with Crippen LogP contribution in [-0.4, -0.2) is 62.5 Å². The summed E-state index contributed by atoms with van der Waals surface area (Å²) in [5.41, 5.74) is 3.95. The van der Waals surface area contributed by atoms with E-state index < -0.39 is 0 Å². The lowest BCUT2D eigenvalue weighted by molar-refractivity contribution is 0.0360. The van der Waals surface area contributed by atoms with Gasteiger partial charge in [-0.05, 0) is 31.0 Å². The summed E-state index contributed by atoms with van der Waals surface area (Å²) >= 11 is 0. The van der Waals surface area contributed by atoms with Crippen molar-refractivity contribution in [3.05, 3.63) is 23.4 Å². The SMILES string of the molecule is c1c2c(cc3c4c([nH]c13)[C@@H](CCN1CCOCC1)NCC4)OCCO2. The number of aromatic amines is 1. The van der Waals surface area contributed by atoms with Gasteiger partial charge in [-0.3, -0.25) is 4.90 Å². The second kappa shape index (κ2) is 6.52. The highest BCUT2D eigenvalue weighted by molar-refractivity contribution is 5.88. The van der Waals surface area contributed by atoms with Crippen LogP contribution in [0.15, 0.2) is 12.1 Å². The van der Waals surface area contributed by atoms with Crippen LogP contribution in [0.1, 0.15) is 23.7 Å². The Kier molecular flexibility index (Phi) is 4.04. The average molecular weight is 343 g/mol. The Balaban J connectivity index is 1.41. The van der Waals surface area contributed by atoms with Crippen LogP contribution in [0.3, 0.4) is 0 Å². The van der Waals surface area contributed by atoms with Crippen molar-refractivity contribution >= 4 is 10.9 Å². The number of hydrogen-bond donors (Lipinski definition) is 2. The first-order chi connectivity index (χ1) is 12.4. The molecule has 6 nitrogen and oxygen atoms in total. The van der Waals surface area contributed by atoms with Crippen molar-refractivity contribution in [3.63, 3.8) is 0 Å². The van der Waals surface area contributed by atoms with Gasteiger partial charge in [0.2, 0.25) is 0 Å². The van der Waals surface area contributed by atoms with Gasteiger partial charge in [-0.25, -0.2) is 0 Å². The number of ether oxygens (including phenoxy) is 3. The molecule has 25 heavy (non-hydrogen) atoms. The van der Waals surface area contributed by atoms with Gasteiger partial charge in [0.1, 0.15) is 13.2 Å². The smallest absolute Gasteiger partial charge is 0.163 e. The van der Waals surface area contributed by atoms with E-state index in [9.17, 15) is 0 Å². The number of morpholine rings is 1. The Labute approximate surface area is 147 Å². The molecular weight excluding hydrogens is 318 g/mol. The lowest BCUT2D eigenvalue weighted by Crippen LogP contribution is -2.39. The molecule has 0 saturated carbocycles. The highest BCUT2D eigenvalue weighted by Crippen LogP contribution is 2.39. The fraction of sp³-hybridized carbons (Fsp3) is 0.579. The maximum Gasteiger partial charge on any atom is 0.163 e. The second-order valence-electron chi connectivity index (χ2n) is 7.06. The number of nitrogens with zero attached hydrogens (tertiary/aromatic N) is 1. The second-order valence-corrected chi connectivity index (χ2v) is 7.06. The largest absolute Gasteiger partial charge is 0.486 e. The molecule has 3 aliphatic rings. The van der Waals surface area contributed by atoms with Crippen LogP contribution in [0, 0.1) is 0 Å². The van der Waals surface area contributed by atoms with E-state index in [0.717, 1.165) is 69.3 Å². The summed E-state index contributed by atoms with van der Waals surface area (Å²) < 4.78 is 17.0. The molecule has 2 N–H and O–H groups in total. The summed E-state index contributed by atoms with van der Waals surface area (Å²) in [4.78, 5) is 6.17. The third-order valence-corrected chi connectivity index (χ3v) is 5.55. The summed E-state index contributed by atoms with van der Waals surface area (Å²) in [5.74, 6) is 1.74. The molecule has 1 atom stereocenters. The number of benzene rings is 1. The quantitative estimate of drug-likeness (QED) is 0.891. The van der Waals surface area contributed by atoms with Crippen LogP contribution in [0.4, 0.5) is 0 Å². The first kappa shape index (κ1) is 15.5. The number of H-pyrrole nitrogens is 1. The molecule has 1 fully saturated rings. The Morgan fingerprint density at radius 3 is 2.68 bits per heavy atom. The zero-order valence-corrected chi connectivity index (χ0v) is 14.5. The van der Waals surface area contributed by atoms with Gasteiger partial charge >= 0.3 is 0 Å². The molecule has 2 aromatic rings. The van der Waals surface area contributed by atoms with Gasteiger partial charge < -0.3 is 24.5 Å². The van der Waals surface area contributed by atoms with Crippen LogP contribution in [0.5, 0.6) is 11.5 Å². The van der Waals surface area contributed by atoms with Crippen LogP contribution in [-0.2, 0) is 11.2 Å². The predicted molar refractivity (Wildman–Crippen MR) is 95.6 cm³/mol. The number of hydrogen-bond acceptors (Lipinski definition) is 5. The molecule has 1 aromatic carbocycles. The molecule has 0 bridgehead atoms. The van der Waals surface area contributed by atoms with E-state index in [0.29, 0.717) is 19.3 Å². The Morgan fingerprint density at radius 1 is 1.04 bits per heavy atom. The van der Waals surface area contributed by atoms with Gasteiger partial charge in [0.25, 0.3) is 0 Å². The monoisotopic (exact) mass is 343 g/mol. The molecule has 134 valence electrons. The molecule has 0 amide bonds. The molecule has 5 rings (SSSR count). The number of rotatable bonds is 3. The summed E-state index contributed by atoms with van der Waals surface area (Å²) in [7, 11) is 0. The van der Waals surface area contributed by atoms with E-state index in [-0.39, 0.29) is 0 Å². The van der Waals surface area contributed by atoms with Crippen molar-refractivity contribution in [3.8, 4) is 11.5 Å².